The Hall–Kier alpha value is -0.880. The molecule has 1 unspecified atom stereocenters. The van der Waals surface area contributed by atoms with Crippen molar-refractivity contribution in [2.75, 3.05) is 4.90 Å². The lowest BCUT2D eigenvalue weighted by molar-refractivity contribution is -0.116. The Morgan fingerprint density at radius 1 is 1.33 bits per heavy atom. The molecule has 1 aliphatic heterocycles. The molecular formula is C14H16INO2. The minimum Gasteiger partial charge on any atom is -0.366 e. The maximum Gasteiger partial charge on any atom is 0.254 e. The van der Waals surface area contributed by atoms with E-state index in [-0.39, 0.29) is 5.91 Å². The van der Waals surface area contributed by atoms with Gasteiger partial charge in [-0.2, -0.15) is 0 Å². The molecule has 0 saturated carbocycles. The predicted octanol–water partition coefficient (Wildman–Crippen LogP) is 3.23. The third-order valence-electron chi connectivity index (χ3n) is 3.12. The van der Waals surface area contributed by atoms with Crippen LogP contribution in [0.15, 0.2) is 40.0 Å². The highest BCUT2D eigenvalue weighted by Gasteiger charge is 2.45. The van der Waals surface area contributed by atoms with Gasteiger partial charge in [-0.05, 0) is 41.1 Å². The molecule has 1 aromatic rings. The van der Waals surface area contributed by atoms with E-state index in [9.17, 15) is 9.90 Å². The molecule has 1 amide bonds. The average molecular weight is 357 g/mol. The number of anilines is 1. The monoisotopic (exact) mass is 357 g/mol. The summed E-state index contributed by atoms with van der Waals surface area (Å²) in [5.41, 5.74) is -0.432. The summed E-state index contributed by atoms with van der Waals surface area (Å²) >= 11 is 2.06. The van der Waals surface area contributed by atoms with Crippen molar-refractivity contribution >= 4 is 34.2 Å². The van der Waals surface area contributed by atoms with E-state index in [1.54, 1.807) is 0 Å². The Morgan fingerprint density at radius 2 is 2.00 bits per heavy atom. The van der Waals surface area contributed by atoms with Gasteiger partial charge in [0.25, 0.3) is 5.91 Å². The first kappa shape index (κ1) is 13.5. The first-order chi connectivity index (χ1) is 8.59. The summed E-state index contributed by atoms with van der Waals surface area (Å²) in [6.07, 6.45) is 3.96. The van der Waals surface area contributed by atoms with Crippen LogP contribution in [0.1, 0.15) is 26.2 Å². The van der Waals surface area contributed by atoms with Gasteiger partial charge in [-0.15, -0.1) is 0 Å². The summed E-state index contributed by atoms with van der Waals surface area (Å²) in [5.74, 6) is -0.149. The molecule has 3 nitrogen and oxygen atoms in total. The van der Waals surface area contributed by atoms with E-state index in [0.717, 1.165) is 18.5 Å². The second-order valence-electron chi connectivity index (χ2n) is 4.42. The topological polar surface area (TPSA) is 40.5 Å². The van der Waals surface area contributed by atoms with Crippen molar-refractivity contribution in [3.05, 3.63) is 40.0 Å². The fraction of sp³-hybridized carbons (Fsp3) is 0.357. The summed E-state index contributed by atoms with van der Waals surface area (Å²) in [5, 5.41) is 10.8. The molecule has 1 N–H and O–H groups in total. The number of carbonyl (C=O) groups excluding carboxylic acids is 1. The summed E-state index contributed by atoms with van der Waals surface area (Å²) < 4.78 is 0.697. The Labute approximate surface area is 121 Å². The fourth-order valence-corrected chi connectivity index (χ4v) is 2.93. The van der Waals surface area contributed by atoms with Crippen molar-refractivity contribution in [1.29, 1.82) is 0 Å². The molecular weight excluding hydrogens is 341 g/mol. The Balaban J connectivity index is 2.36. The van der Waals surface area contributed by atoms with E-state index in [0.29, 0.717) is 10.0 Å². The zero-order valence-electron chi connectivity index (χ0n) is 10.3. The smallest absolute Gasteiger partial charge is 0.254 e. The number of carbonyl (C=O) groups is 1. The number of para-hydroxylation sites is 1. The third kappa shape index (κ3) is 2.31. The van der Waals surface area contributed by atoms with Crippen LogP contribution in [0.3, 0.4) is 0 Å². The average Bonchev–Trinajstić information content (AvgIpc) is 2.59. The quantitative estimate of drug-likeness (QED) is 0.841. The molecule has 1 atom stereocenters. The number of nitrogens with zero attached hydrogens (tertiary/aromatic N) is 1. The molecule has 0 radical (unpaired) electrons. The number of hydrogen-bond donors (Lipinski definition) is 1. The van der Waals surface area contributed by atoms with Crippen LogP contribution in [0, 0.1) is 0 Å². The van der Waals surface area contributed by atoms with E-state index in [2.05, 4.69) is 29.5 Å². The van der Waals surface area contributed by atoms with E-state index in [4.69, 9.17) is 0 Å². The van der Waals surface area contributed by atoms with Gasteiger partial charge >= 0.3 is 0 Å². The van der Waals surface area contributed by atoms with Crippen LogP contribution in [-0.4, -0.2) is 16.7 Å². The van der Waals surface area contributed by atoms with Gasteiger partial charge in [-0.3, -0.25) is 9.69 Å². The number of hydrogen-bond acceptors (Lipinski definition) is 2. The lowest BCUT2D eigenvalue weighted by Gasteiger charge is -2.34. The normalized spacial score (nSPS) is 23.4. The number of aliphatic hydroxyl groups is 1. The first-order valence-corrected chi connectivity index (χ1v) is 7.16. The van der Waals surface area contributed by atoms with Crippen molar-refractivity contribution in [1.82, 2.24) is 0 Å². The third-order valence-corrected chi connectivity index (χ3v) is 4.29. The first-order valence-electron chi connectivity index (χ1n) is 6.09. The molecule has 0 fully saturated rings. The van der Waals surface area contributed by atoms with Gasteiger partial charge in [0.05, 0.1) is 0 Å². The highest BCUT2D eigenvalue weighted by molar-refractivity contribution is 14.1. The maximum atomic E-state index is 12.0. The standard InChI is InChI=1S/C14H16INO2/c1-2-3-9-14(18)12(15)10-13(17)16(14)11-7-5-4-6-8-11/h4-8,10,18H,2-3,9H2,1H3. The van der Waals surface area contributed by atoms with Crippen LogP contribution >= 0.6 is 22.6 Å². The van der Waals surface area contributed by atoms with Crippen LogP contribution in [0.5, 0.6) is 0 Å². The molecule has 1 aromatic carbocycles. The Morgan fingerprint density at radius 3 is 2.61 bits per heavy atom. The van der Waals surface area contributed by atoms with Gasteiger partial charge in [-0.25, -0.2) is 0 Å². The lowest BCUT2D eigenvalue weighted by atomic mass is 10.1. The maximum absolute atomic E-state index is 12.0. The van der Waals surface area contributed by atoms with Crippen molar-refractivity contribution in [3.8, 4) is 0 Å². The molecule has 0 spiro atoms. The molecule has 0 aliphatic carbocycles. The molecule has 0 aromatic heterocycles. The van der Waals surface area contributed by atoms with Crippen LogP contribution in [0.4, 0.5) is 5.69 Å². The summed E-state index contributed by atoms with van der Waals surface area (Å²) in [4.78, 5) is 13.5. The minimum absolute atomic E-state index is 0.149. The van der Waals surface area contributed by atoms with E-state index >= 15 is 0 Å². The van der Waals surface area contributed by atoms with Gasteiger partial charge in [0.1, 0.15) is 0 Å². The molecule has 2 rings (SSSR count). The molecule has 0 bridgehead atoms. The minimum atomic E-state index is -1.17. The van der Waals surface area contributed by atoms with Crippen LogP contribution in [0.25, 0.3) is 0 Å². The number of rotatable bonds is 4. The van der Waals surface area contributed by atoms with E-state index < -0.39 is 5.72 Å². The number of amides is 1. The van der Waals surface area contributed by atoms with Crippen molar-refractivity contribution < 1.29 is 9.90 Å². The van der Waals surface area contributed by atoms with E-state index in [1.165, 1.54) is 11.0 Å². The zero-order chi connectivity index (χ0) is 13.2. The Kier molecular flexibility index (Phi) is 4.07. The van der Waals surface area contributed by atoms with Gasteiger partial charge in [0.2, 0.25) is 0 Å². The molecule has 18 heavy (non-hydrogen) atoms. The van der Waals surface area contributed by atoms with Crippen LogP contribution in [-0.2, 0) is 4.79 Å². The van der Waals surface area contributed by atoms with Crippen molar-refractivity contribution in [2.45, 2.75) is 31.9 Å². The van der Waals surface area contributed by atoms with E-state index in [1.807, 2.05) is 30.3 Å². The number of unbranched alkanes of at least 4 members (excludes halogenated alkanes) is 1. The van der Waals surface area contributed by atoms with Gasteiger partial charge in [0.15, 0.2) is 5.72 Å². The van der Waals surface area contributed by atoms with Crippen LogP contribution < -0.4 is 4.90 Å². The predicted molar refractivity (Wildman–Crippen MR) is 80.5 cm³/mol. The number of benzene rings is 1. The second-order valence-corrected chi connectivity index (χ2v) is 5.58. The van der Waals surface area contributed by atoms with Crippen molar-refractivity contribution in [3.63, 3.8) is 0 Å². The highest BCUT2D eigenvalue weighted by atomic mass is 127. The molecule has 4 heteroatoms. The fourth-order valence-electron chi connectivity index (χ4n) is 2.15. The molecule has 0 saturated heterocycles. The zero-order valence-corrected chi connectivity index (χ0v) is 12.4. The van der Waals surface area contributed by atoms with Crippen LogP contribution in [0.2, 0.25) is 0 Å². The molecule has 1 aliphatic rings. The summed E-state index contributed by atoms with van der Waals surface area (Å²) in [6, 6.07) is 9.32. The van der Waals surface area contributed by atoms with Crippen molar-refractivity contribution in [2.24, 2.45) is 0 Å². The summed E-state index contributed by atoms with van der Waals surface area (Å²) in [6.45, 7) is 2.07. The second kappa shape index (κ2) is 5.40. The lowest BCUT2D eigenvalue weighted by Crippen LogP contribution is -2.47. The van der Waals surface area contributed by atoms with Gasteiger partial charge < -0.3 is 5.11 Å². The molecule has 96 valence electrons. The summed E-state index contributed by atoms with van der Waals surface area (Å²) in [7, 11) is 0. The van der Waals surface area contributed by atoms with Gasteiger partial charge in [0, 0.05) is 21.8 Å². The molecule has 1 heterocycles. The Bertz CT molecular complexity index is 472. The number of halogens is 1. The van der Waals surface area contributed by atoms with Gasteiger partial charge in [-0.1, -0.05) is 31.5 Å². The SMILES string of the molecule is CCCCC1(O)C(I)=CC(=O)N1c1ccccc1. The largest absolute Gasteiger partial charge is 0.366 e. The highest BCUT2D eigenvalue weighted by Crippen LogP contribution is 2.40.